The number of halogens is 2. The largest absolute Gasteiger partial charge is 0.493 e. The molecular formula is C28H33BrFN3O7. The second-order valence-corrected chi connectivity index (χ2v) is 10.5. The van der Waals surface area contributed by atoms with Crippen LogP contribution in [0, 0.1) is 11.2 Å². The molecule has 0 unspecified atom stereocenters. The first-order valence-electron chi connectivity index (χ1n) is 12.5. The van der Waals surface area contributed by atoms with Crippen molar-refractivity contribution >= 4 is 46.2 Å². The number of anilines is 1. The van der Waals surface area contributed by atoms with Crippen LogP contribution in [0.15, 0.2) is 18.2 Å². The fourth-order valence-corrected chi connectivity index (χ4v) is 4.94. The van der Waals surface area contributed by atoms with Gasteiger partial charge >= 0.3 is 5.97 Å². The van der Waals surface area contributed by atoms with Gasteiger partial charge in [-0.05, 0) is 35.6 Å². The van der Waals surface area contributed by atoms with Crippen molar-refractivity contribution in [2.24, 2.45) is 0 Å². The lowest BCUT2D eigenvalue weighted by Gasteiger charge is -2.28. The van der Waals surface area contributed by atoms with Crippen molar-refractivity contribution in [1.82, 2.24) is 4.90 Å². The van der Waals surface area contributed by atoms with Crippen molar-refractivity contribution in [1.29, 1.82) is 5.41 Å². The Bertz CT molecular complexity index is 1370. The van der Waals surface area contributed by atoms with Gasteiger partial charge in [-0.25, -0.2) is 9.18 Å². The van der Waals surface area contributed by atoms with Crippen molar-refractivity contribution < 1.29 is 38.1 Å². The maximum atomic E-state index is 15.2. The molecule has 2 aromatic rings. The molecule has 1 saturated heterocycles. The highest BCUT2D eigenvalue weighted by Gasteiger charge is 2.35. The first kappa shape index (κ1) is 30.9. The van der Waals surface area contributed by atoms with E-state index in [1.54, 1.807) is 12.1 Å². The van der Waals surface area contributed by atoms with Crippen LogP contribution in [-0.2, 0) is 21.5 Å². The molecule has 0 radical (unpaired) electrons. The molecule has 4 rings (SSSR count). The number of carbonyl (C=O) groups excluding carboxylic acids is 2. The molecule has 1 amide bonds. The summed E-state index contributed by atoms with van der Waals surface area (Å²) in [5.41, 5.74) is 1.18. The monoisotopic (exact) mass is 621 g/mol. The Labute approximate surface area is 242 Å². The Morgan fingerprint density at radius 3 is 2.38 bits per heavy atom. The van der Waals surface area contributed by atoms with Crippen molar-refractivity contribution in [3.05, 3.63) is 46.3 Å². The third-order valence-electron chi connectivity index (χ3n) is 6.85. The topological polar surface area (TPSA) is 129 Å². The number of hydrogen-bond acceptors (Lipinski definition) is 7. The maximum Gasteiger partial charge on any atom is 0.341 e. The molecule has 40 heavy (non-hydrogen) atoms. The van der Waals surface area contributed by atoms with E-state index in [0.29, 0.717) is 36.2 Å². The number of ether oxygens (including phenoxy) is 3. The number of carbonyl (C=O) groups is 3. The highest BCUT2D eigenvalue weighted by atomic mass is 79.9. The Morgan fingerprint density at radius 1 is 1.12 bits per heavy atom. The minimum Gasteiger partial charge on any atom is -0.493 e. The van der Waals surface area contributed by atoms with Gasteiger partial charge in [0, 0.05) is 30.6 Å². The third-order valence-corrected chi connectivity index (χ3v) is 6.85. The summed E-state index contributed by atoms with van der Waals surface area (Å²) in [5.74, 6) is -2.20. The number of nitrogens with one attached hydrogen (secondary N) is 1. The van der Waals surface area contributed by atoms with Gasteiger partial charge in [-0.3, -0.25) is 15.0 Å². The first-order valence-corrected chi connectivity index (χ1v) is 12.5. The molecule has 2 aromatic carbocycles. The van der Waals surface area contributed by atoms with Crippen LogP contribution >= 0.6 is 17.0 Å². The molecule has 0 saturated carbocycles. The molecule has 2 N–H and O–H groups in total. The number of rotatable bonds is 9. The van der Waals surface area contributed by atoms with E-state index in [1.165, 1.54) is 30.1 Å². The summed E-state index contributed by atoms with van der Waals surface area (Å²) in [6, 6.07) is 4.78. The smallest absolute Gasteiger partial charge is 0.341 e. The van der Waals surface area contributed by atoms with Crippen LogP contribution in [0.5, 0.6) is 17.2 Å². The number of amidine groups is 1. The van der Waals surface area contributed by atoms with Gasteiger partial charge in [0.25, 0.3) is 0 Å². The summed E-state index contributed by atoms with van der Waals surface area (Å²) in [7, 11) is 2.71. The van der Waals surface area contributed by atoms with Gasteiger partial charge in [0.15, 0.2) is 29.7 Å². The number of benzene rings is 2. The summed E-state index contributed by atoms with van der Waals surface area (Å²) in [6.07, 6.45) is 0.963. The summed E-state index contributed by atoms with van der Waals surface area (Å²) in [5, 5.41) is 17.8. The van der Waals surface area contributed by atoms with Crippen LogP contribution in [0.4, 0.5) is 10.1 Å². The van der Waals surface area contributed by atoms with Crippen LogP contribution in [0.25, 0.3) is 0 Å². The molecule has 0 spiro atoms. The van der Waals surface area contributed by atoms with Crippen LogP contribution in [0.3, 0.4) is 0 Å². The van der Waals surface area contributed by atoms with Gasteiger partial charge in [0.2, 0.25) is 5.91 Å². The molecule has 2 heterocycles. The van der Waals surface area contributed by atoms with E-state index in [0.717, 1.165) is 0 Å². The van der Waals surface area contributed by atoms with Gasteiger partial charge in [0.1, 0.15) is 11.6 Å². The predicted octanol–water partition coefficient (Wildman–Crippen LogP) is 4.33. The van der Waals surface area contributed by atoms with E-state index in [9.17, 15) is 19.5 Å². The van der Waals surface area contributed by atoms with Crippen LogP contribution in [0.2, 0.25) is 0 Å². The fourth-order valence-electron chi connectivity index (χ4n) is 4.94. The molecule has 2 aliphatic rings. The molecule has 0 aliphatic carbocycles. The van der Waals surface area contributed by atoms with Gasteiger partial charge in [0.05, 0.1) is 32.0 Å². The summed E-state index contributed by atoms with van der Waals surface area (Å²) < 4.78 is 31.2. The average molecular weight is 622 g/mol. The van der Waals surface area contributed by atoms with Crippen molar-refractivity contribution in [3.63, 3.8) is 0 Å². The fraction of sp³-hybridized carbons (Fsp3) is 0.429. The van der Waals surface area contributed by atoms with Crippen molar-refractivity contribution in [3.8, 4) is 17.2 Å². The summed E-state index contributed by atoms with van der Waals surface area (Å²) in [4.78, 5) is 40.6. The number of Topliss-reactive ketones (excluding diaryl/α,β-unsaturated/α-hetero) is 1. The number of methoxy groups -OCH3 is 2. The van der Waals surface area contributed by atoms with Gasteiger partial charge < -0.3 is 29.1 Å². The zero-order valence-corrected chi connectivity index (χ0v) is 24.8. The molecule has 0 aromatic heterocycles. The van der Waals surface area contributed by atoms with Crippen molar-refractivity contribution in [2.75, 3.05) is 38.8 Å². The Balaban J connectivity index is 0.00000441. The van der Waals surface area contributed by atoms with Gasteiger partial charge in [-0.15, -0.1) is 17.0 Å². The second kappa shape index (κ2) is 11.8. The zero-order valence-electron chi connectivity index (χ0n) is 23.1. The van der Waals surface area contributed by atoms with E-state index >= 15 is 4.39 Å². The average Bonchev–Trinajstić information content (AvgIpc) is 3.43. The molecule has 0 atom stereocenters. The van der Waals surface area contributed by atoms with E-state index in [2.05, 4.69) is 0 Å². The van der Waals surface area contributed by atoms with Gasteiger partial charge in [-0.1, -0.05) is 20.8 Å². The van der Waals surface area contributed by atoms with E-state index < -0.39 is 23.8 Å². The van der Waals surface area contributed by atoms with Crippen LogP contribution < -0.4 is 19.1 Å². The van der Waals surface area contributed by atoms with Crippen LogP contribution in [-0.4, -0.2) is 67.4 Å². The highest BCUT2D eigenvalue weighted by molar-refractivity contribution is 8.93. The molecule has 2 aliphatic heterocycles. The number of ketones is 1. The molecule has 1 fully saturated rings. The molecular weight excluding hydrogens is 589 g/mol. The van der Waals surface area contributed by atoms with E-state index in [1.807, 2.05) is 20.8 Å². The number of nitrogens with zero attached hydrogens (tertiary/aromatic N) is 2. The molecule has 0 bridgehead atoms. The number of aliphatic carboxylic acids is 1. The molecule has 216 valence electrons. The van der Waals surface area contributed by atoms with Crippen LogP contribution in [0.1, 0.15) is 60.7 Å². The number of hydrogen-bond donors (Lipinski definition) is 2. The Kier molecular flexibility index (Phi) is 9.13. The number of carboxylic acid groups (broad SMARTS) is 1. The second-order valence-electron chi connectivity index (χ2n) is 10.5. The molecule has 10 nitrogen and oxygen atoms in total. The molecule has 12 heteroatoms. The summed E-state index contributed by atoms with van der Waals surface area (Å²) >= 11 is 0. The normalized spacial score (nSPS) is 14.7. The lowest BCUT2D eigenvalue weighted by Crippen LogP contribution is -2.31. The minimum absolute atomic E-state index is 0. The van der Waals surface area contributed by atoms with E-state index in [4.69, 9.17) is 19.6 Å². The van der Waals surface area contributed by atoms with E-state index in [-0.39, 0.29) is 76.0 Å². The quantitative estimate of drug-likeness (QED) is 0.396. The Morgan fingerprint density at radius 2 is 1.82 bits per heavy atom. The number of carboxylic acids is 1. The lowest BCUT2D eigenvalue weighted by atomic mass is 9.84. The Hall–Kier alpha value is -3.67. The number of amides is 1. The zero-order chi connectivity index (χ0) is 28.6. The first-order chi connectivity index (χ1) is 18.4. The predicted molar refractivity (Wildman–Crippen MR) is 151 cm³/mol. The standard InChI is InChI=1S/C28H32FN3O7.BrH/c1-28(2,3)17-9-15(10-18(25(17)39-14-22(35)36)32-8-6-7-21(32)34)19(33)13-31-12-16-11-20(37-4)26(38-5)24(29)23(16)27(31)30;/h9-11,30H,6-8,12-14H2,1-5H3,(H,35,36);1H. The summed E-state index contributed by atoms with van der Waals surface area (Å²) in [6.45, 7) is 5.42. The highest BCUT2D eigenvalue weighted by Crippen LogP contribution is 2.42. The minimum atomic E-state index is -1.17. The van der Waals surface area contributed by atoms with Gasteiger partial charge in [-0.2, -0.15) is 0 Å². The third kappa shape index (κ3) is 5.77. The maximum absolute atomic E-state index is 15.2. The number of fused-ring (bicyclic) bond motifs is 1. The van der Waals surface area contributed by atoms with Crippen molar-refractivity contribution in [2.45, 2.75) is 45.6 Å². The lowest BCUT2D eigenvalue weighted by molar-refractivity contribution is -0.139. The SMILES string of the molecule is Br.COc1cc2c(c(F)c1OC)C(=N)N(CC(=O)c1cc(N3CCCC3=O)c(OCC(=O)O)c(C(C)(C)C)c1)C2.